The zero-order chi connectivity index (χ0) is 19.7. The van der Waals surface area contributed by atoms with Crippen molar-refractivity contribution in [3.63, 3.8) is 0 Å². The first-order valence-corrected chi connectivity index (χ1v) is 13.5. The summed E-state index contributed by atoms with van der Waals surface area (Å²) in [4.78, 5) is 25.8. The van der Waals surface area contributed by atoms with Crippen LogP contribution in [0.15, 0.2) is 15.8 Å². The highest BCUT2D eigenvalue weighted by molar-refractivity contribution is 7.86. The van der Waals surface area contributed by atoms with E-state index in [1.807, 2.05) is 0 Å². The first-order valence-electron chi connectivity index (χ1n) is 8.21. The standard InChI is InChI=1S/C16H24N2O6SSi/c1-11-10-18(16(20)17-15(11)19)14-9-13(24-25(2,21)22)12(23-14)7-6-8-26(3,4)5/h10,12-14H,7,9H2,1-5H3,(H,17,19,20)/t12-,13-,14-/m1/s1. The molecule has 0 saturated carbocycles. The minimum atomic E-state index is -3.69. The van der Waals surface area contributed by atoms with Crippen molar-refractivity contribution in [2.45, 2.75) is 57.8 Å². The summed E-state index contributed by atoms with van der Waals surface area (Å²) >= 11 is 0. The first kappa shape index (κ1) is 20.6. The van der Waals surface area contributed by atoms with Gasteiger partial charge in [0.25, 0.3) is 15.7 Å². The average Bonchev–Trinajstić information content (AvgIpc) is 2.82. The molecule has 1 aliphatic heterocycles. The molecule has 2 rings (SSSR count). The molecule has 0 amide bonds. The molecular formula is C16H24N2O6SSi. The molecule has 10 heteroatoms. The van der Waals surface area contributed by atoms with Gasteiger partial charge in [0.15, 0.2) is 0 Å². The van der Waals surface area contributed by atoms with Crippen molar-refractivity contribution >= 4 is 18.2 Å². The quantitative estimate of drug-likeness (QED) is 0.454. The predicted octanol–water partition coefficient (Wildman–Crippen LogP) is 0.748. The van der Waals surface area contributed by atoms with Gasteiger partial charge >= 0.3 is 5.69 Å². The molecule has 8 nitrogen and oxygen atoms in total. The Kier molecular flexibility index (Phi) is 5.97. The highest BCUT2D eigenvalue weighted by Gasteiger charge is 2.39. The molecule has 1 aliphatic rings. The molecule has 1 saturated heterocycles. The molecule has 1 aromatic rings. The maximum atomic E-state index is 12.1. The van der Waals surface area contributed by atoms with Gasteiger partial charge in [-0.25, -0.2) is 4.79 Å². The summed E-state index contributed by atoms with van der Waals surface area (Å²) < 4.78 is 35.4. The van der Waals surface area contributed by atoms with Gasteiger partial charge in [0.2, 0.25) is 0 Å². The fourth-order valence-electron chi connectivity index (χ4n) is 2.60. The van der Waals surface area contributed by atoms with Gasteiger partial charge in [0, 0.05) is 24.6 Å². The fourth-order valence-corrected chi connectivity index (χ4v) is 3.88. The zero-order valence-corrected chi connectivity index (χ0v) is 17.3. The lowest BCUT2D eigenvalue weighted by atomic mass is 10.1. The Hall–Kier alpha value is -1.67. The maximum Gasteiger partial charge on any atom is 0.330 e. The number of aryl methyl sites for hydroxylation is 1. The van der Waals surface area contributed by atoms with Gasteiger partial charge in [0.1, 0.15) is 20.4 Å². The average molecular weight is 401 g/mol. The van der Waals surface area contributed by atoms with Gasteiger partial charge in [-0.3, -0.25) is 18.5 Å². The Morgan fingerprint density at radius 1 is 1.38 bits per heavy atom. The second kappa shape index (κ2) is 7.52. The number of ether oxygens (including phenoxy) is 1. The van der Waals surface area contributed by atoms with E-state index in [4.69, 9.17) is 8.92 Å². The second-order valence-electron chi connectivity index (χ2n) is 7.44. The zero-order valence-electron chi connectivity index (χ0n) is 15.5. The molecule has 0 aromatic carbocycles. The SMILES string of the molecule is Cc1cn([C@H]2C[C@@H](OS(C)(=O)=O)[C@@H](CC#C[Si](C)(C)C)O2)c(=O)[nH]c1=O. The number of aromatic nitrogens is 2. The van der Waals surface area contributed by atoms with Gasteiger partial charge < -0.3 is 4.74 Å². The maximum absolute atomic E-state index is 12.1. The molecule has 26 heavy (non-hydrogen) atoms. The van der Waals surface area contributed by atoms with Crippen molar-refractivity contribution in [3.8, 4) is 11.5 Å². The lowest BCUT2D eigenvalue weighted by Gasteiger charge is -2.16. The van der Waals surface area contributed by atoms with Crippen molar-refractivity contribution in [2.75, 3.05) is 6.26 Å². The summed E-state index contributed by atoms with van der Waals surface area (Å²) in [5.74, 6) is 3.06. The van der Waals surface area contributed by atoms with E-state index in [2.05, 4.69) is 36.1 Å². The lowest BCUT2D eigenvalue weighted by molar-refractivity contribution is -0.0129. The topological polar surface area (TPSA) is 107 Å². The lowest BCUT2D eigenvalue weighted by Crippen LogP contribution is -2.33. The smallest absolute Gasteiger partial charge is 0.330 e. The molecule has 2 heterocycles. The molecule has 144 valence electrons. The predicted molar refractivity (Wildman–Crippen MR) is 100 cm³/mol. The van der Waals surface area contributed by atoms with E-state index in [0.717, 1.165) is 6.26 Å². The van der Waals surface area contributed by atoms with Crippen LogP contribution in [0.4, 0.5) is 0 Å². The van der Waals surface area contributed by atoms with Crippen LogP contribution in [0.5, 0.6) is 0 Å². The molecule has 0 radical (unpaired) electrons. The summed E-state index contributed by atoms with van der Waals surface area (Å²) in [7, 11) is -5.26. The number of nitrogens with zero attached hydrogens (tertiary/aromatic N) is 1. The molecule has 1 N–H and O–H groups in total. The van der Waals surface area contributed by atoms with Crippen molar-refractivity contribution in [1.29, 1.82) is 0 Å². The van der Waals surface area contributed by atoms with Crippen molar-refractivity contribution in [1.82, 2.24) is 9.55 Å². The molecule has 1 fully saturated rings. The van der Waals surface area contributed by atoms with Gasteiger partial charge in [-0.15, -0.1) is 11.5 Å². The molecule has 0 aliphatic carbocycles. The van der Waals surface area contributed by atoms with Crippen LogP contribution < -0.4 is 11.2 Å². The third kappa shape index (κ3) is 5.67. The van der Waals surface area contributed by atoms with Crippen LogP contribution in [0.25, 0.3) is 0 Å². The minimum absolute atomic E-state index is 0.164. The van der Waals surface area contributed by atoms with E-state index >= 15 is 0 Å². The normalized spacial score (nSPS) is 23.5. The number of aromatic amines is 1. The minimum Gasteiger partial charge on any atom is -0.351 e. The summed E-state index contributed by atoms with van der Waals surface area (Å²) in [6.45, 7) is 7.88. The Balaban J connectivity index is 2.29. The van der Waals surface area contributed by atoms with Crippen molar-refractivity contribution < 1.29 is 17.3 Å². The van der Waals surface area contributed by atoms with Crippen LogP contribution in [0.1, 0.15) is 24.6 Å². The molecule has 3 atom stereocenters. The van der Waals surface area contributed by atoms with E-state index in [9.17, 15) is 18.0 Å². The molecule has 0 bridgehead atoms. The number of H-pyrrole nitrogens is 1. The monoisotopic (exact) mass is 400 g/mol. The molecule has 1 aromatic heterocycles. The number of hydrogen-bond acceptors (Lipinski definition) is 6. The first-order chi connectivity index (χ1) is 11.9. The van der Waals surface area contributed by atoms with Crippen LogP contribution >= 0.6 is 0 Å². The van der Waals surface area contributed by atoms with Crippen LogP contribution in [-0.2, 0) is 19.0 Å². The fraction of sp³-hybridized carbons (Fsp3) is 0.625. The van der Waals surface area contributed by atoms with Gasteiger partial charge in [-0.2, -0.15) is 8.42 Å². The summed E-state index contributed by atoms with van der Waals surface area (Å²) in [5.41, 5.74) is 2.48. The molecule has 0 spiro atoms. The third-order valence-electron chi connectivity index (χ3n) is 3.70. The molecular weight excluding hydrogens is 376 g/mol. The second-order valence-corrected chi connectivity index (χ2v) is 13.8. The number of hydrogen-bond donors (Lipinski definition) is 1. The summed E-state index contributed by atoms with van der Waals surface area (Å²) in [6, 6.07) is 0. The summed E-state index contributed by atoms with van der Waals surface area (Å²) in [6.07, 6.45) is 0.780. The van der Waals surface area contributed by atoms with Crippen LogP contribution in [-0.4, -0.2) is 44.5 Å². The van der Waals surface area contributed by atoms with E-state index in [-0.39, 0.29) is 6.42 Å². The van der Waals surface area contributed by atoms with Crippen LogP contribution in [0, 0.1) is 18.4 Å². The highest BCUT2D eigenvalue weighted by atomic mass is 32.2. The largest absolute Gasteiger partial charge is 0.351 e. The summed E-state index contributed by atoms with van der Waals surface area (Å²) in [5, 5.41) is 0. The van der Waals surface area contributed by atoms with Crippen LogP contribution in [0.3, 0.4) is 0 Å². The van der Waals surface area contributed by atoms with Gasteiger partial charge in [-0.05, 0) is 6.92 Å². The molecule has 0 unspecified atom stereocenters. The van der Waals surface area contributed by atoms with E-state index in [1.165, 1.54) is 10.8 Å². The van der Waals surface area contributed by atoms with Crippen molar-refractivity contribution in [3.05, 3.63) is 32.6 Å². The Morgan fingerprint density at radius 3 is 2.62 bits per heavy atom. The van der Waals surface area contributed by atoms with E-state index in [1.54, 1.807) is 6.92 Å². The number of nitrogens with one attached hydrogen (secondary N) is 1. The van der Waals surface area contributed by atoms with Gasteiger partial charge in [0.05, 0.1) is 12.4 Å². The van der Waals surface area contributed by atoms with Crippen molar-refractivity contribution in [2.24, 2.45) is 0 Å². The third-order valence-corrected chi connectivity index (χ3v) is 5.23. The Labute approximate surface area is 153 Å². The Morgan fingerprint density at radius 2 is 2.04 bits per heavy atom. The number of rotatable bonds is 4. The van der Waals surface area contributed by atoms with Gasteiger partial charge in [-0.1, -0.05) is 19.6 Å². The highest BCUT2D eigenvalue weighted by Crippen LogP contribution is 2.32. The Bertz CT molecular complexity index is 948. The van der Waals surface area contributed by atoms with E-state index in [0.29, 0.717) is 12.0 Å². The van der Waals surface area contributed by atoms with Crippen LogP contribution in [0.2, 0.25) is 19.6 Å². The van der Waals surface area contributed by atoms with E-state index < -0.39 is 47.9 Å².